The highest BCUT2D eigenvalue weighted by atomic mass is 32.2. The first-order valence-electron chi connectivity index (χ1n) is 10.5. The average Bonchev–Trinajstić information content (AvgIpc) is 2.64. The number of hydrogen-bond donors (Lipinski definition) is 2. The smallest absolute Gasteiger partial charge is 0.224 e. The van der Waals surface area contributed by atoms with Crippen LogP contribution in [0.25, 0.3) is 0 Å². The summed E-state index contributed by atoms with van der Waals surface area (Å²) in [5.41, 5.74) is 1.47. The maximum Gasteiger partial charge on any atom is 0.224 e. The number of ether oxygens (including phenoxy) is 1. The Bertz CT molecular complexity index is 835. The molecule has 2 N–H and O–H groups in total. The molecule has 0 radical (unpaired) electrons. The van der Waals surface area contributed by atoms with Gasteiger partial charge in [-0.05, 0) is 59.6 Å². The van der Waals surface area contributed by atoms with Gasteiger partial charge in [0, 0.05) is 37.3 Å². The van der Waals surface area contributed by atoms with Crippen LogP contribution in [0.4, 0.5) is 15.8 Å². The van der Waals surface area contributed by atoms with Gasteiger partial charge in [-0.1, -0.05) is 0 Å². The molecule has 1 aliphatic rings. The van der Waals surface area contributed by atoms with E-state index >= 15 is 0 Å². The number of morpholine rings is 1. The second-order valence-corrected chi connectivity index (χ2v) is 10.5. The predicted molar refractivity (Wildman–Crippen MR) is 118 cm³/mol. The van der Waals surface area contributed by atoms with E-state index in [0.717, 1.165) is 5.69 Å². The molecule has 1 fully saturated rings. The molecule has 1 heterocycles. The molecule has 0 aromatic heterocycles. The standard InChI is InChI=1S/C21H34FN3O4S/c1-14(2)30(27,28)23-11-7-6-8-20(26)24-18-9-10-19(17(5)21(18)22)25-12-15(3)29-16(4)13-25/h9-10,14-16,23H,6-8,11-13H2,1-5H3,(H,24,26). The number of sulfonamides is 1. The molecule has 2 unspecified atom stereocenters. The van der Waals surface area contributed by atoms with Crippen LogP contribution < -0.4 is 14.9 Å². The number of hydrogen-bond acceptors (Lipinski definition) is 5. The molecule has 1 amide bonds. The van der Waals surface area contributed by atoms with Gasteiger partial charge in [0.05, 0.1) is 23.1 Å². The van der Waals surface area contributed by atoms with Crippen molar-refractivity contribution in [2.45, 2.75) is 71.3 Å². The Labute approximate surface area is 179 Å². The largest absolute Gasteiger partial charge is 0.372 e. The lowest BCUT2D eigenvalue weighted by Crippen LogP contribution is -2.45. The first kappa shape index (κ1) is 24.6. The quantitative estimate of drug-likeness (QED) is 0.573. The fourth-order valence-corrected chi connectivity index (χ4v) is 4.26. The van der Waals surface area contributed by atoms with Crippen molar-refractivity contribution in [2.24, 2.45) is 0 Å². The van der Waals surface area contributed by atoms with Gasteiger partial charge >= 0.3 is 0 Å². The van der Waals surface area contributed by atoms with Gasteiger partial charge in [0.1, 0.15) is 0 Å². The van der Waals surface area contributed by atoms with E-state index in [-0.39, 0.29) is 36.8 Å². The highest BCUT2D eigenvalue weighted by molar-refractivity contribution is 7.90. The topological polar surface area (TPSA) is 87.7 Å². The molecule has 2 rings (SSSR count). The molecule has 9 heteroatoms. The zero-order chi connectivity index (χ0) is 22.5. The van der Waals surface area contributed by atoms with Crippen LogP contribution in [-0.2, 0) is 19.6 Å². The van der Waals surface area contributed by atoms with Crippen molar-refractivity contribution >= 4 is 27.3 Å². The van der Waals surface area contributed by atoms with Crippen molar-refractivity contribution in [3.63, 3.8) is 0 Å². The van der Waals surface area contributed by atoms with Gasteiger partial charge in [-0.3, -0.25) is 4.79 Å². The Morgan fingerprint density at radius 2 is 1.87 bits per heavy atom. The van der Waals surface area contributed by atoms with Crippen molar-refractivity contribution in [3.8, 4) is 0 Å². The van der Waals surface area contributed by atoms with E-state index in [9.17, 15) is 17.6 Å². The maximum absolute atomic E-state index is 14.9. The van der Waals surface area contributed by atoms with Crippen molar-refractivity contribution in [1.82, 2.24) is 4.72 Å². The Kier molecular flexibility index (Phi) is 8.63. The van der Waals surface area contributed by atoms with E-state index in [1.807, 2.05) is 19.9 Å². The molecular weight excluding hydrogens is 409 g/mol. The fraction of sp³-hybridized carbons (Fsp3) is 0.667. The number of amides is 1. The summed E-state index contributed by atoms with van der Waals surface area (Å²) in [6.45, 7) is 10.6. The summed E-state index contributed by atoms with van der Waals surface area (Å²) in [4.78, 5) is 14.3. The molecule has 1 saturated heterocycles. The van der Waals surface area contributed by atoms with Crippen molar-refractivity contribution in [3.05, 3.63) is 23.5 Å². The Hall–Kier alpha value is -1.71. The van der Waals surface area contributed by atoms with E-state index in [1.54, 1.807) is 26.8 Å². The van der Waals surface area contributed by atoms with Crippen LogP contribution in [0.1, 0.15) is 52.5 Å². The monoisotopic (exact) mass is 443 g/mol. The number of anilines is 2. The lowest BCUT2D eigenvalue weighted by Gasteiger charge is -2.37. The molecule has 2 atom stereocenters. The first-order valence-corrected chi connectivity index (χ1v) is 12.0. The van der Waals surface area contributed by atoms with Crippen LogP contribution in [0.2, 0.25) is 0 Å². The van der Waals surface area contributed by atoms with Crippen LogP contribution >= 0.6 is 0 Å². The summed E-state index contributed by atoms with van der Waals surface area (Å²) in [5, 5.41) is 2.14. The summed E-state index contributed by atoms with van der Waals surface area (Å²) >= 11 is 0. The summed E-state index contributed by atoms with van der Waals surface area (Å²) in [6.07, 6.45) is 1.38. The normalized spacial score (nSPS) is 19.9. The summed E-state index contributed by atoms with van der Waals surface area (Å²) in [7, 11) is -3.29. The zero-order valence-corrected chi connectivity index (χ0v) is 19.3. The molecule has 0 bridgehead atoms. The minimum Gasteiger partial charge on any atom is -0.372 e. The van der Waals surface area contributed by atoms with E-state index in [0.29, 0.717) is 31.5 Å². The Balaban J connectivity index is 1.88. The van der Waals surface area contributed by atoms with Crippen LogP contribution in [0.15, 0.2) is 12.1 Å². The summed E-state index contributed by atoms with van der Waals surface area (Å²) < 4.78 is 46.5. The highest BCUT2D eigenvalue weighted by Crippen LogP contribution is 2.30. The maximum atomic E-state index is 14.9. The van der Waals surface area contributed by atoms with E-state index < -0.39 is 21.1 Å². The van der Waals surface area contributed by atoms with Crippen LogP contribution in [0, 0.1) is 12.7 Å². The van der Waals surface area contributed by atoms with Gasteiger partial charge < -0.3 is 15.0 Å². The lowest BCUT2D eigenvalue weighted by molar-refractivity contribution is -0.116. The number of halogens is 1. The SMILES string of the molecule is Cc1c(N2CC(C)OC(C)C2)ccc(NC(=O)CCCCNS(=O)(=O)C(C)C)c1F. The third-order valence-electron chi connectivity index (χ3n) is 5.15. The van der Waals surface area contributed by atoms with Crippen molar-refractivity contribution in [2.75, 3.05) is 29.9 Å². The highest BCUT2D eigenvalue weighted by Gasteiger charge is 2.25. The number of carbonyl (C=O) groups excluding carboxylic acids is 1. The molecule has 1 aliphatic heterocycles. The van der Waals surface area contributed by atoms with Gasteiger partial charge in [0.2, 0.25) is 15.9 Å². The molecular formula is C21H34FN3O4S. The minimum absolute atomic E-state index is 0.0700. The van der Waals surface area contributed by atoms with Crippen LogP contribution in [0.3, 0.4) is 0 Å². The molecule has 0 aliphatic carbocycles. The van der Waals surface area contributed by atoms with Gasteiger partial charge in [-0.2, -0.15) is 0 Å². The van der Waals surface area contributed by atoms with Crippen molar-refractivity contribution < 1.29 is 22.3 Å². The second kappa shape index (κ2) is 10.5. The van der Waals surface area contributed by atoms with Crippen molar-refractivity contribution in [1.29, 1.82) is 0 Å². The molecule has 0 saturated carbocycles. The number of nitrogens with zero attached hydrogens (tertiary/aromatic N) is 1. The molecule has 170 valence electrons. The third-order valence-corrected chi connectivity index (χ3v) is 6.99. The summed E-state index contributed by atoms with van der Waals surface area (Å²) in [6, 6.07) is 3.43. The number of nitrogens with one attached hydrogen (secondary N) is 2. The van der Waals surface area contributed by atoms with E-state index in [2.05, 4.69) is 14.9 Å². The van der Waals surface area contributed by atoms with Gasteiger partial charge in [-0.25, -0.2) is 17.5 Å². The lowest BCUT2D eigenvalue weighted by atomic mass is 10.1. The second-order valence-electron chi connectivity index (χ2n) is 8.23. The van der Waals surface area contributed by atoms with Gasteiger partial charge in [0.15, 0.2) is 5.82 Å². The molecule has 0 spiro atoms. The summed E-state index contributed by atoms with van der Waals surface area (Å²) in [5.74, 6) is -0.723. The average molecular weight is 444 g/mol. The molecule has 1 aromatic carbocycles. The predicted octanol–water partition coefficient (Wildman–Crippen LogP) is 3.18. The number of unbranched alkanes of at least 4 members (excludes halogenated alkanes) is 1. The van der Waals surface area contributed by atoms with Gasteiger partial charge in [0.25, 0.3) is 0 Å². The minimum atomic E-state index is -3.29. The Morgan fingerprint density at radius 1 is 1.23 bits per heavy atom. The van der Waals surface area contributed by atoms with Crippen LogP contribution in [0.5, 0.6) is 0 Å². The van der Waals surface area contributed by atoms with E-state index in [1.165, 1.54) is 0 Å². The number of benzene rings is 1. The molecule has 7 nitrogen and oxygen atoms in total. The van der Waals surface area contributed by atoms with E-state index in [4.69, 9.17) is 4.74 Å². The fourth-order valence-electron chi connectivity index (χ4n) is 3.49. The number of rotatable bonds is 9. The Morgan fingerprint density at radius 3 is 2.47 bits per heavy atom. The third kappa shape index (κ3) is 6.65. The van der Waals surface area contributed by atoms with Gasteiger partial charge in [-0.15, -0.1) is 0 Å². The first-order chi connectivity index (χ1) is 14.0. The molecule has 30 heavy (non-hydrogen) atoms. The molecule has 1 aromatic rings. The number of carbonyl (C=O) groups is 1. The zero-order valence-electron chi connectivity index (χ0n) is 18.5. The van der Waals surface area contributed by atoms with Crippen LogP contribution in [-0.4, -0.2) is 51.4 Å².